The average Bonchev–Trinajstić information content (AvgIpc) is 2.13. The van der Waals surface area contributed by atoms with Crippen molar-refractivity contribution in [3.05, 3.63) is 27.4 Å². The molecule has 0 bridgehead atoms. The van der Waals surface area contributed by atoms with Crippen LogP contribution in [0, 0.1) is 17.0 Å². The second kappa shape index (κ2) is 4.70. The van der Waals surface area contributed by atoms with Crippen LogP contribution in [-0.4, -0.2) is 16.3 Å². The highest BCUT2D eigenvalue weighted by atomic mass is 19.4. The first kappa shape index (κ1) is 14.1. The van der Waals surface area contributed by atoms with Gasteiger partial charge < -0.3 is 4.74 Å². The van der Waals surface area contributed by atoms with Crippen molar-refractivity contribution in [1.82, 2.24) is 4.98 Å². The highest BCUT2D eigenvalue weighted by Gasteiger charge is 2.36. The molecule has 0 saturated heterocycles. The van der Waals surface area contributed by atoms with Crippen molar-refractivity contribution < 1.29 is 31.6 Å². The van der Waals surface area contributed by atoms with Crippen LogP contribution in [0.1, 0.15) is 17.6 Å². The molecule has 10 heteroatoms. The van der Waals surface area contributed by atoms with Crippen LogP contribution in [-0.2, 0) is 0 Å². The minimum atomic E-state index is -5.21. The molecule has 0 atom stereocenters. The summed E-state index contributed by atoms with van der Waals surface area (Å²) in [7, 11) is 0. The molecule has 18 heavy (non-hydrogen) atoms. The van der Waals surface area contributed by atoms with E-state index >= 15 is 0 Å². The van der Waals surface area contributed by atoms with Crippen molar-refractivity contribution >= 4 is 5.69 Å². The van der Waals surface area contributed by atoms with Gasteiger partial charge in [0.2, 0.25) is 5.88 Å². The third-order valence-corrected chi connectivity index (χ3v) is 1.95. The van der Waals surface area contributed by atoms with E-state index in [1.54, 1.807) is 0 Å². The van der Waals surface area contributed by atoms with Crippen LogP contribution in [0.25, 0.3) is 0 Å². The lowest BCUT2D eigenvalue weighted by Crippen LogP contribution is -2.19. The van der Waals surface area contributed by atoms with E-state index in [-0.39, 0.29) is 0 Å². The van der Waals surface area contributed by atoms with Crippen molar-refractivity contribution in [3.63, 3.8) is 0 Å². The van der Waals surface area contributed by atoms with E-state index in [0.29, 0.717) is 6.20 Å². The van der Waals surface area contributed by atoms with Crippen LogP contribution in [0.15, 0.2) is 6.20 Å². The molecule has 1 rings (SSSR count). The zero-order valence-electron chi connectivity index (χ0n) is 8.66. The molecule has 1 heterocycles. The van der Waals surface area contributed by atoms with Crippen molar-refractivity contribution in [2.75, 3.05) is 0 Å². The minimum absolute atomic E-state index is 0.433. The SMILES string of the molecule is Cc1c([N+](=O)[O-])cnc(OC(F)(F)F)c1C(F)F. The molecule has 0 radical (unpaired) electrons. The maximum Gasteiger partial charge on any atom is 0.574 e. The van der Waals surface area contributed by atoms with Gasteiger partial charge in [0, 0.05) is 5.56 Å². The van der Waals surface area contributed by atoms with Crippen LogP contribution in [0.3, 0.4) is 0 Å². The monoisotopic (exact) mass is 272 g/mol. The van der Waals surface area contributed by atoms with E-state index < -0.39 is 40.4 Å². The zero-order chi connectivity index (χ0) is 14.1. The zero-order valence-corrected chi connectivity index (χ0v) is 8.66. The normalized spacial score (nSPS) is 11.7. The van der Waals surface area contributed by atoms with Crippen molar-refractivity contribution in [1.29, 1.82) is 0 Å². The van der Waals surface area contributed by atoms with E-state index in [0.717, 1.165) is 6.92 Å². The summed E-state index contributed by atoms with van der Waals surface area (Å²) < 4.78 is 64.3. The second-order valence-corrected chi connectivity index (χ2v) is 3.09. The number of hydrogen-bond donors (Lipinski definition) is 0. The molecular formula is C8H5F5N2O3. The molecule has 0 fully saturated rings. The van der Waals surface area contributed by atoms with Crippen LogP contribution >= 0.6 is 0 Å². The van der Waals surface area contributed by atoms with E-state index in [2.05, 4.69) is 9.72 Å². The van der Waals surface area contributed by atoms with Gasteiger partial charge in [-0.05, 0) is 6.92 Å². The number of alkyl halides is 5. The molecule has 0 amide bonds. The van der Waals surface area contributed by atoms with Gasteiger partial charge in [-0.1, -0.05) is 0 Å². The van der Waals surface area contributed by atoms with Crippen molar-refractivity contribution in [3.8, 4) is 5.88 Å². The predicted molar refractivity (Wildman–Crippen MR) is 47.3 cm³/mol. The third kappa shape index (κ3) is 3.02. The quantitative estimate of drug-likeness (QED) is 0.481. The standard InChI is InChI=1S/C8H5F5N2O3/c1-3-4(15(16)17)2-14-7(5(3)6(9)10)18-8(11,12)13/h2,6H,1H3. The maximum absolute atomic E-state index is 12.6. The smallest absolute Gasteiger partial charge is 0.387 e. The van der Waals surface area contributed by atoms with Crippen molar-refractivity contribution in [2.24, 2.45) is 0 Å². The molecule has 1 aromatic heterocycles. The summed E-state index contributed by atoms with van der Waals surface area (Å²) in [5.74, 6) is -1.39. The second-order valence-electron chi connectivity index (χ2n) is 3.09. The van der Waals surface area contributed by atoms with E-state index in [4.69, 9.17) is 0 Å². The molecule has 0 aliphatic rings. The van der Waals surface area contributed by atoms with E-state index in [1.165, 1.54) is 0 Å². The van der Waals surface area contributed by atoms with Crippen LogP contribution in [0.2, 0.25) is 0 Å². The van der Waals surface area contributed by atoms with Crippen LogP contribution in [0.5, 0.6) is 5.88 Å². The molecule has 0 unspecified atom stereocenters. The van der Waals surface area contributed by atoms with Gasteiger partial charge in [-0.15, -0.1) is 13.2 Å². The summed E-state index contributed by atoms with van der Waals surface area (Å²) in [6.45, 7) is 0.893. The first-order valence-electron chi connectivity index (χ1n) is 4.31. The first-order valence-corrected chi connectivity index (χ1v) is 4.31. The fourth-order valence-electron chi connectivity index (χ4n) is 1.22. The average molecular weight is 272 g/mol. The van der Waals surface area contributed by atoms with Crippen LogP contribution in [0.4, 0.5) is 27.6 Å². The number of hydrogen-bond acceptors (Lipinski definition) is 4. The number of pyridine rings is 1. The largest absolute Gasteiger partial charge is 0.574 e. The number of halogens is 5. The Bertz CT molecular complexity index is 475. The number of aromatic nitrogens is 1. The van der Waals surface area contributed by atoms with E-state index in [1.807, 2.05) is 0 Å². The lowest BCUT2D eigenvalue weighted by atomic mass is 10.1. The third-order valence-electron chi connectivity index (χ3n) is 1.95. The Morgan fingerprint density at radius 2 is 2.00 bits per heavy atom. The lowest BCUT2D eigenvalue weighted by molar-refractivity contribution is -0.385. The molecule has 1 aromatic rings. The predicted octanol–water partition coefficient (Wildman–Crippen LogP) is 3.13. The molecule has 0 saturated carbocycles. The number of nitro groups is 1. The Morgan fingerprint density at radius 1 is 1.44 bits per heavy atom. The summed E-state index contributed by atoms with van der Waals surface area (Å²) in [5, 5.41) is 10.5. The van der Waals surface area contributed by atoms with Gasteiger partial charge >= 0.3 is 6.36 Å². The molecule has 0 N–H and O–H groups in total. The van der Waals surface area contributed by atoms with Crippen LogP contribution < -0.4 is 4.74 Å². The Kier molecular flexibility index (Phi) is 3.67. The maximum atomic E-state index is 12.6. The number of rotatable bonds is 3. The minimum Gasteiger partial charge on any atom is -0.387 e. The Morgan fingerprint density at radius 3 is 2.39 bits per heavy atom. The summed E-state index contributed by atoms with van der Waals surface area (Å²) in [5.41, 5.74) is -2.68. The molecular weight excluding hydrogens is 267 g/mol. The highest BCUT2D eigenvalue weighted by molar-refractivity contribution is 5.47. The molecule has 0 aromatic carbocycles. The molecule has 0 aliphatic heterocycles. The lowest BCUT2D eigenvalue weighted by Gasteiger charge is -2.13. The summed E-state index contributed by atoms with van der Waals surface area (Å²) >= 11 is 0. The van der Waals surface area contributed by atoms with Gasteiger partial charge in [-0.3, -0.25) is 10.1 Å². The number of ether oxygens (including phenoxy) is 1. The van der Waals surface area contributed by atoms with Gasteiger partial charge in [0.05, 0.1) is 10.5 Å². The topological polar surface area (TPSA) is 65.3 Å². The van der Waals surface area contributed by atoms with Gasteiger partial charge in [0.25, 0.3) is 12.1 Å². The molecule has 0 aliphatic carbocycles. The summed E-state index contributed by atoms with van der Waals surface area (Å²) in [6.07, 6.45) is -8.16. The summed E-state index contributed by atoms with van der Waals surface area (Å²) in [4.78, 5) is 12.3. The van der Waals surface area contributed by atoms with E-state index in [9.17, 15) is 32.1 Å². The Labute approximate surface area is 96.3 Å². The number of nitrogens with zero attached hydrogens (tertiary/aromatic N) is 2. The molecule has 100 valence electrons. The Balaban J connectivity index is 3.37. The molecule has 5 nitrogen and oxygen atoms in total. The highest BCUT2D eigenvalue weighted by Crippen LogP contribution is 2.36. The van der Waals surface area contributed by atoms with Gasteiger partial charge in [0.15, 0.2) is 0 Å². The first-order chi connectivity index (χ1) is 8.13. The fraction of sp³-hybridized carbons (Fsp3) is 0.375. The van der Waals surface area contributed by atoms with Gasteiger partial charge in [0.1, 0.15) is 6.20 Å². The van der Waals surface area contributed by atoms with Gasteiger partial charge in [-0.25, -0.2) is 13.8 Å². The fourth-order valence-corrected chi connectivity index (χ4v) is 1.22. The van der Waals surface area contributed by atoms with Gasteiger partial charge in [-0.2, -0.15) is 0 Å². The Hall–Kier alpha value is -2.00. The summed E-state index contributed by atoms with van der Waals surface area (Å²) in [6, 6.07) is 0. The van der Waals surface area contributed by atoms with Crippen molar-refractivity contribution in [2.45, 2.75) is 19.7 Å². The molecule has 0 spiro atoms.